The molecule has 0 aromatic heterocycles. The summed E-state index contributed by atoms with van der Waals surface area (Å²) in [6.07, 6.45) is 4.50. The predicted molar refractivity (Wildman–Crippen MR) is 78.3 cm³/mol. The Morgan fingerprint density at radius 1 is 1.30 bits per heavy atom. The lowest BCUT2D eigenvalue weighted by atomic mass is 10.1. The maximum atomic E-state index is 11.9. The van der Waals surface area contributed by atoms with Crippen molar-refractivity contribution >= 4 is 5.91 Å². The number of carbonyl (C=O) groups excluding carboxylic acids is 1. The van der Waals surface area contributed by atoms with E-state index in [0.29, 0.717) is 6.42 Å². The molecule has 1 unspecified atom stereocenters. The van der Waals surface area contributed by atoms with Gasteiger partial charge in [0.15, 0.2) is 11.5 Å². The highest BCUT2D eigenvalue weighted by Gasteiger charge is 2.26. The number of hydrogen-bond acceptors (Lipinski definition) is 3. The molecule has 1 amide bonds. The molecular weight excluding hydrogens is 254 g/mol. The van der Waals surface area contributed by atoms with Crippen LogP contribution in [0.15, 0.2) is 12.1 Å². The van der Waals surface area contributed by atoms with Gasteiger partial charge in [0.2, 0.25) is 5.91 Å². The van der Waals surface area contributed by atoms with E-state index in [9.17, 15) is 4.79 Å². The van der Waals surface area contributed by atoms with Crippen LogP contribution in [0.5, 0.6) is 11.5 Å². The number of unbranched alkanes of at least 4 members (excludes halogenated alkanes) is 1. The fraction of sp³-hybridized carbons (Fsp3) is 0.562. The fourth-order valence-electron chi connectivity index (χ4n) is 2.69. The minimum absolute atomic E-state index is 0.106. The molecule has 0 aliphatic heterocycles. The molecule has 1 N–H and O–H groups in total. The summed E-state index contributed by atoms with van der Waals surface area (Å²) in [7, 11) is 3.28. The van der Waals surface area contributed by atoms with Crippen LogP contribution in [0, 0.1) is 0 Å². The lowest BCUT2D eigenvalue weighted by Gasteiger charge is -2.16. The van der Waals surface area contributed by atoms with E-state index in [-0.39, 0.29) is 11.9 Å². The maximum absolute atomic E-state index is 11.9. The molecule has 4 heteroatoms. The zero-order chi connectivity index (χ0) is 14.5. The van der Waals surface area contributed by atoms with Crippen LogP contribution in [0.4, 0.5) is 0 Å². The molecule has 0 bridgehead atoms. The van der Waals surface area contributed by atoms with Crippen LogP contribution in [0.2, 0.25) is 0 Å². The van der Waals surface area contributed by atoms with Gasteiger partial charge in [-0.3, -0.25) is 4.79 Å². The Morgan fingerprint density at radius 2 is 2.00 bits per heavy atom. The van der Waals surface area contributed by atoms with Gasteiger partial charge in [0.05, 0.1) is 20.3 Å². The Bertz CT molecular complexity index is 485. The average molecular weight is 277 g/mol. The number of amides is 1. The van der Waals surface area contributed by atoms with Crippen LogP contribution in [0.3, 0.4) is 0 Å². The topological polar surface area (TPSA) is 47.6 Å². The molecule has 0 fully saturated rings. The van der Waals surface area contributed by atoms with Crippen molar-refractivity contribution < 1.29 is 14.3 Å². The van der Waals surface area contributed by atoms with Gasteiger partial charge >= 0.3 is 0 Å². The SMILES string of the molecule is CCCCC(=O)NC1CCc2cc(OC)c(OC)cc21. The van der Waals surface area contributed by atoms with Gasteiger partial charge in [0.1, 0.15) is 0 Å². The van der Waals surface area contributed by atoms with Crippen LogP contribution in [0.1, 0.15) is 49.8 Å². The summed E-state index contributed by atoms with van der Waals surface area (Å²) < 4.78 is 10.7. The first-order valence-corrected chi connectivity index (χ1v) is 7.23. The number of carbonyl (C=O) groups is 1. The van der Waals surface area contributed by atoms with Gasteiger partial charge in [-0.2, -0.15) is 0 Å². The van der Waals surface area contributed by atoms with Crippen molar-refractivity contribution in [1.29, 1.82) is 0 Å². The van der Waals surface area contributed by atoms with Crippen molar-refractivity contribution in [2.24, 2.45) is 0 Å². The molecule has 0 spiro atoms. The Hall–Kier alpha value is -1.71. The number of fused-ring (bicyclic) bond motifs is 1. The van der Waals surface area contributed by atoms with Crippen LogP contribution >= 0.6 is 0 Å². The first-order chi connectivity index (χ1) is 9.69. The van der Waals surface area contributed by atoms with E-state index in [4.69, 9.17) is 9.47 Å². The number of hydrogen-bond donors (Lipinski definition) is 1. The highest BCUT2D eigenvalue weighted by Crippen LogP contribution is 2.39. The largest absolute Gasteiger partial charge is 0.493 e. The smallest absolute Gasteiger partial charge is 0.220 e. The van der Waals surface area contributed by atoms with Gasteiger partial charge in [0.25, 0.3) is 0 Å². The quantitative estimate of drug-likeness (QED) is 0.869. The molecule has 1 aliphatic carbocycles. The molecule has 0 saturated carbocycles. The molecular formula is C16H23NO3. The molecule has 0 radical (unpaired) electrons. The second-order valence-corrected chi connectivity index (χ2v) is 5.17. The summed E-state index contributed by atoms with van der Waals surface area (Å²) in [4.78, 5) is 11.9. The Labute approximate surface area is 120 Å². The van der Waals surface area contributed by atoms with E-state index in [1.54, 1.807) is 14.2 Å². The summed E-state index contributed by atoms with van der Waals surface area (Å²) in [5.41, 5.74) is 2.40. The third-order valence-electron chi connectivity index (χ3n) is 3.82. The average Bonchev–Trinajstić information content (AvgIpc) is 2.85. The minimum Gasteiger partial charge on any atom is -0.493 e. The van der Waals surface area contributed by atoms with E-state index in [1.165, 1.54) is 5.56 Å². The van der Waals surface area contributed by atoms with E-state index >= 15 is 0 Å². The van der Waals surface area contributed by atoms with Crippen molar-refractivity contribution in [3.05, 3.63) is 23.3 Å². The molecule has 4 nitrogen and oxygen atoms in total. The van der Waals surface area contributed by atoms with Crippen LogP contribution in [0.25, 0.3) is 0 Å². The Balaban J connectivity index is 2.13. The second-order valence-electron chi connectivity index (χ2n) is 5.17. The number of benzene rings is 1. The zero-order valence-corrected chi connectivity index (χ0v) is 12.5. The van der Waals surface area contributed by atoms with Crippen molar-refractivity contribution in [2.75, 3.05) is 14.2 Å². The third kappa shape index (κ3) is 3.06. The molecule has 0 heterocycles. The van der Waals surface area contributed by atoms with Gasteiger partial charge in [-0.1, -0.05) is 13.3 Å². The number of nitrogens with one attached hydrogen (secondary N) is 1. The minimum atomic E-state index is 0.106. The summed E-state index contributed by atoms with van der Waals surface area (Å²) >= 11 is 0. The molecule has 1 aliphatic rings. The monoisotopic (exact) mass is 277 g/mol. The van der Waals surface area contributed by atoms with Gasteiger partial charge in [-0.15, -0.1) is 0 Å². The molecule has 1 aromatic carbocycles. The summed E-state index contributed by atoms with van der Waals surface area (Å²) in [5, 5.41) is 3.12. The molecule has 2 rings (SSSR count). The standard InChI is InChI=1S/C16H23NO3/c1-4-5-6-16(18)17-13-8-7-11-9-14(19-2)15(20-3)10-12(11)13/h9-10,13H,4-8H2,1-3H3,(H,17,18). The van der Waals surface area contributed by atoms with Crippen molar-refractivity contribution in [3.8, 4) is 11.5 Å². The molecule has 20 heavy (non-hydrogen) atoms. The lowest BCUT2D eigenvalue weighted by molar-refractivity contribution is -0.121. The van der Waals surface area contributed by atoms with Crippen molar-refractivity contribution in [3.63, 3.8) is 0 Å². The van der Waals surface area contributed by atoms with E-state index in [2.05, 4.69) is 12.2 Å². The number of methoxy groups -OCH3 is 2. The van der Waals surface area contributed by atoms with Crippen LogP contribution in [-0.2, 0) is 11.2 Å². The predicted octanol–water partition coefficient (Wildman–Crippen LogP) is 3.00. The molecule has 1 atom stereocenters. The summed E-state index contributed by atoms with van der Waals surface area (Å²) in [6.45, 7) is 2.09. The van der Waals surface area contributed by atoms with Gasteiger partial charge in [-0.05, 0) is 42.5 Å². The molecule has 110 valence electrons. The third-order valence-corrected chi connectivity index (χ3v) is 3.82. The Kier molecular flexibility index (Phi) is 4.88. The van der Waals surface area contributed by atoms with Crippen LogP contribution < -0.4 is 14.8 Å². The lowest BCUT2D eigenvalue weighted by Crippen LogP contribution is -2.26. The van der Waals surface area contributed by atoms with Crippen molar-refractivity contribution in [2.45, 2.75) is 45.1 Å². The highest BCUT2D eigenvalue weighted by molar-refractivity contribution is 5.76. The second kappa shape index (κ2) is 6.64. The van der Waals surface area contributed by atoms with Crippen LogP contribution in [-0.4, -0.2) is 20.1 Å². The number of ether oxygens (including phenoxy) is 2. The van der Waals surface area contributed by atoms with E-state index in [0.717, 1.165) is 42.7 Å². The van der Waals surface area contributed by atoms with Crippen molar-refractivity contribution in [1.82, 2.24) is 5.32 Å². The maximum Gasteiger partial charge on any atom is 0.220 e. The normalized spacial score (nSPS) is 16.6. The molecule has 1 aromatic rings. The molecule has 0 saturated heterocycles. The Morgan fingerprint density at radius 3 is 2.65 bits per heavy atom. The number of aryl methyl sites for hydroxylation is 1. The van der Waals surface area contributed by atoms with Gasteiger partial charge < -0.3 is 14.8 Å². The highest BCUT2D eigenvalue weighted by atomic mass is 16.5. The zero-order valence-electron chi connectivity index (χ0n) is 12.5. The van der Waals surface area contributed by atoms with Gasteiger partial charge in [0, 0.05) is 6.42 Å². The van der Waals surface area contributed by atoms with Gasteiger partial charge in [-0.25, -0.2) is 0 Å². The fourth-order valence-corrected chi connectivity index (χ4v) is 2.69. The van der Waals surface area contributed by atoms with E-state index in [1.807, 2.05) is 12.1 Å². The summed E-state index contributed by atoms with van der Waals surface area (Å²) in [5.74, 6) is 1.62. The summed E-state index contributed by atoms with van der Waals surface area (Å²) in [6, 6.07) is 4.12. The van der Waals surface area contributed by atoms with E-state index < -0.39 is 0 Å². The first kappa shape index (κ1) is 14.7. The number of rotatable bonds is 6. The first-order valence-electron chi connectivity index (χ1n) is 7.23.